The van der Waals surface area contributed by atoms with E-state index in [1.165, 1.54) is 11.1 Å². The maximum absolute atomic E-state index is 12.3. The monoisotopic (exact) mass is 430 g/mol. The molecule has 1 N–H and O–H groups in total. The fourth-order valence-corrected chi connectivity index (χ4v) is 4.79. The van der Waals surface area contributed by atoms with Crippen LogP contribution in [0.25, 0.3) is 0 Å². The summed E-state index contributed by atoms with van der Waals surface area (Å²) < 4.78 is 10.8. The minimum atomic E-state index is -0.0724. The van der Waals surface area contributed by atoms with Crippen molar-refractivity contribution in [3.63, 3.8) is 0 Å². The van der Waals surface area contributed by atoms with E-state index in [0.717, 1.165) is 52.9 Å². The highest BCUT2D eigenvalue weighted by Gasteiger charge is 2.19. The summed E-state index contributed by atoms with van der Waals surface area (Å²) in [6.07, 6.45) is 1.42. The van der Waals surface area contributed by atoms with Gasteiger partial charge in [0, 0.05) is 54.3 Å². The summed E-state index contributed by atoms with van der Waals surface area (Å²) in [6, 6.07) is 6.01. The molecule has 162 valence electrons. The second-order valence-corrected chi connectivity index (χ2v) is 9.06. The topological polar surface area (TPSA) is 67.9 Å². The molecular weight excluding hydrogens is 400 g/mol. The Bertz CT molecular complexity index is 922. The molecule has 2 heterocycles. The number of fused-ring (bicyclic) bond motifs is 1. The van der Waals surface area contributed by atoms with Crippen molar-refractivity contribution >= 4 is 23.0 Å². The van der Waals surface area contributed by atoms with Gasteiger partial charge in [0.1, 0.15) is 0 Å². The third-order valence-corrected chi connectivity index (χ3v) is 6.43. The third kappa shape index (κ3) is 5.40. The molecule has 1 aliphatic rings. The number of Topliss-reactive ketones (excluding diaryl/α,β-unsaturated/α-hetero) is 1. The molecule has 0 saturated heterocycles. The molecule has 1 aromatic carbocycles. The third-order valence-electron chi connectivity index (χ3n) is 5.47. The van der Waals surface area contributed by atoms with E-state index in [2.05, 4.69) is 16.3 Å². The number of amides is 1. The molecule has 0 saturated carbocycles. The Hall–Kier alpha value is -2.38. The van der Waals surface area contributed by atoms with Crippen LogP contribution in [0.3, 0.4) is 0 Å². The molecule has 2 aromatic rings. The standard InChI is InChI=1S/C23H30N2O4S/c1-15-11-19(16(2)30-15)20(26)5-6-23(27)24-8-10-25-9-7-17-12-21(28-3)22(29-4)13-18(17)14-25/h11-13H,5-10,14H2,1-4H3,(H,24,27). The number of carbonyl (C=O) groups excluding carboxylic acids is 2. The highest BCUT2D eigenvalue weighted by Crippen LogP contribution is 2.33. The van der Waals surface area contributed by atoms with Crippen molar-refractivity contribution in [3.05, 3.63) is 44.6 Å². The number of rotatable bonds is 9. The number of nitrogens with zero attached hydrogens (tertiary/aromatic N) is 1. The first-order valence-electron chi connectivity index (χ1n) is 10.2. The molecule has 1 aromatic heterocycles. The summed E-state index contributed by atoms with van der Waals surface area (Å²) >= 11 is 1.62. The Balaban J connectivity index is 1.43. The molecule has 6 nitrogen and oxygen atoms in total. The Labute approximate surface area is 182 Å². The number of carbonyl (C=O) groups is 2. The zero-order valence-corrected chi connectivity index (χ0v) is 19.0. The molecule has 30 heavy (non-hydrogen) atoms. The van der Waals surface area contributed by atoms with Gasteiger partial charge >= 0.3 is 0 Å². The van der Waals surface area contributed by atoms with Crippen LogP contribution in [-0.2, 0) is 17.8 Å². The molecule has 1 amide bonds. The minimum Gasteiger partial charge on any atom is -0.493 e. The van der Waals surface area contributed by atoms with Crippen molar-refractivity contribution in [2.24, 2.45) is 0 Å². The van der Waals surface area contributed by atoms with Gasteiger partial charge < -0.3 is 14.8 Å². The largest absolute Gasteiger partial charge is 0.493 e. The molecule has 0 atom stereocenters. The summed E-state index contributed by atoms with van der Waals surface area (Å²) in [4.78, 5) is 28.9. The van der Waals surface area contributed by atoms with E-state index in [9.17, 15) is 9.59 Å². The molecular formula is C23H30N2O4S. The second-order valence-electron chi connectivity index (χ2n) is 7.60. The first-order valence-corrected chi connectivity index (χ1v) is 11.1. The Kier molecular flexibility index (Phi) is 7.50. The number of methoxy groups -OCH3 is 2. The van der Waals surface area contributed by atoms with Gasteiger partial charge in [-0.05, 0) is 49.6 Å². The number of benzene rings is 1. The average Bonchev–Trinajstić information content (AvgIpc) is 3.08. The Morgan fingerprint density at radius 2 is 1.77 bits per heavy atom. The van der Waals surface area contributed by atoms with Crippen molar-refractivity contribution in [3.8, 4) is 11.5 Å². The zero-order chi connectivity index (χ0) is 21.7. The lowest BCUT2D eigenvalue weighted by Crippen LogP contribution is -2.37. The maximum Gasteiger partial charge on any atom is 0.220 e. The summed E-state index contributed by atoms with van der Waals surface area (Å²) in [7, 11) is 3.30. The fourth-order valence-electron chi connectivity index (χ4n) is 3.84. The molecule has 0 radical (unpaired) electrons. The number of ketones is 1. The molecule has 7 heteroatoms. The summed E-state index contributed by atoms with van der Waals surface area (Å²) in [6.45, 7) is 7.05. The Morgan fingerprint density at radius 3 is 2.40 bits per heavy atom. The first kappa shape index (κ1) is 22.3. The first-order chi connectivity index (χ1) is 14.4. The Morgan fingerprint density at radius 1 is 1.07 bits per heavy atom. The lowest BCUT2D eigenvalue weighted by molar-refractivity contribution is -0.121. The molecule has 1 aliphatic heterocycles. The van der Waals surface area contributed by atoms with Gasteiger partial charge in [-0.15, -0.1) is 11.3 Å². The lowest BCUT2D eigenvalue weighted by Gasteiger charge is -2.29. The average molecular weight is 431 g/mol. The molecule has 0 aliphatic carbocycles. The number of hydrogen-bond acceptors (Lipinski definition) is 6. The van der Waals surface area contributed by atoms with Crippen molar-refractivity contribution in [2.45, 2.75) is 39.7 Å². The summed E-state index contributed by atoms with van der Waals surface area (Å²) in [5, 5.41) is 2.95. The number of hydrogen-bond donors (Lipinski definition) is 1. The second kappa shape index (κ2) is 10.1. The number of thiophene rings is 1. The van der Waals surface area contributed by atoms with Crippen LogP contribution in [0.1, 0.15) is 44.1 Å². The van der Waals surface area contributed by atoms with Crippen LogP contribution in [0, 0.1) is 13.8 Å². The van der Waals surface area contributed by atoms with E-state index < -0.39 is 0 Å². The van der Waals surface area contributed by atoms with E-state index >= 15 is 0 Å². The van der Waals surface area contributed by atoms with Crippen LogP contribution in [0.5, 0.6) is 11.5 Å². The van der Waals surface area contributed by atoms with Gasteiger partial charge in [0.05, 0.1) is 14.2 Å². The van der Waals surface area contributed by atoms with Crippen LogP contribution in [0.2, 0.25) is 0 Å². The van der Waals surface area contributed by atoms with Gasteiger partial charge in [0.2, 0.25) is 5.91 Å². The SMILES string of the molecule is COc1cc2c(cc1OC)CN(CCNC(=O)CCC(=O)c1cc(C)sc1C)CC2. The number of ether oxygens (including phenoxy) is 2. The van der Waals surface area contributed by atoms with E-state index in [4.69, 9.17) is 9.47 Å². The van der Waals surface area contributed by atoms with Crippen molar-refractivity contribution < 1.29 is 19.1 Å². The highest BCUT2D eigenvalue weighted by molar-refractivity contribution is 7.12. The van der Waals surface area contributed by atoms with Gasteiger partial charge in [-0.25, -0.2) is 0 Å². The van der Waals surface area contributed by atoms with Crippen molar-refractivity contribution in [2.75, 3.05) is 33.9 Å². The van der Waals surface area contributed by atoms with Gasteiger partial charge in [-0.1, -0.05) is 0 Å². The quantitative estimate of drug-likeness (QED) is 0.617. The molecule has 0 fully saturated rings. The van der Waals surface area contributed by atoms with Gasteiger partial charge in [-0.3, -0.25) is 14.5 Å². The van der Waals surface area contributed by atoms with Gasteiger partial charge in [0.25, 0.3) is 0 Å². The molecule has 3 rings (SSSR count). The lowest BCUT2D eigenvalue weighted by atomic mass is 9.99. The normalized spacial score (nSPS) is 13.6. The molecule has 0 bridgehead atoms. The smallest absolute Gasteiger partial charge is 0.220 e. The fraction of sp³-hybridized carbons (Fsp3) is 0.478. The van der Waals surface area contributed by atoms with Gasteiger partial charge in [0.15, 0.2) is 17.3 Å². The maximum atomic E-state index is 12.3. The van der Waals surface area contributed by atoms with Crippen molar-refractivity contribution in [1.82, 2.24) is 10.2 Å². The molecule has 0 spiro atoms. The van der Waals surface area contributed by atoms with E-state index in [-0.39, 0.29) is 24.5 Å². The minimum absolute atomic E-state index is 0.0454. The predicted molar refractivity (Wildman–Crippen MR) is 119 cm³/mol. The summed E-state index contributed by atoms with van der Waals surface area (Å²) in [5.41, 5.74) is 3.27. The van der Waals surface area contributed by atoms with E-state index in [1.807, 2.05) is 26.0 Å². The van der Waals surface area contributed by atoms with Crippen LogP contribution in [-0.4, -0.2) is 50.4 Å². The summed E-state index contributed by atoms with van der Waals surface area (Å²) in [5.74, 6) is 1.48. The molecule has 0 unspecified atom stereocenters. The zero-order valence-electron chi connectivity index (χ0n) is 18.2. The van der Waals surface area contributed by atoms with E-state index in [0.29, 0.717) is 6.54 Å². The number of nitrogens with one attached hydrogen (secondary N) is 1. The highest BCUT2D eigenvalue weighted by atomic mass is 32.1. The van der Waals surface area contributed by atoms with Gasteiger partial charge in [-0.2, -0.15) is 0 Å². The van der Waals surface area contributed by atoms with Crippen LogP contribution < -0.4 is 14.8 Å². The van der Waals surface area contributed by atoms with Crippen molar-refractivity contribution in [1.29, 1.82) is 0 Å². The number of aryl methyl sites for hydroxylation is 2. The van der Waals surface area contributed by atoms with E-state index in [1.54, 1.807) is 25.6 Å². The van der Waals surface area contributed by atoms with Crippen LogP contribution in [0.15, 0.2) is 18.2 Å². The van der Waals surface area contributed by atoms with Crippen LogP contribution in [0.4, 0.5) is 0 Å². The van der Waals surface area contributed by atoms with Crippen LogP contribution >= 0.6 is 11.3 Å². The predicted octanol–water partition coefficient (Wildman–Crippen LogP) is 3.52.